The van der Waals surface area contributed by atoms with Gasteiger partial charge in [-0.3, -0.25) is 4.99 Å². The Kier molecular flexibility index (Phi) is 9.73. The van der Waals surface area contributed by atoms with Gasteiger partial charge in [0.25, 0.3) is 0 Å². The van der Waals surface area contributed by atoms with Crippen molar-refractivity contribution in [2.24, 2.45) is 16.3 Å². The first-order valence-electron chi connectivity index (χ1n) is 11.3. The van der Waals surface area contributed by atoms with Crippen molar-refractivity contribution in [1.82, 2.24) is 0 Å². The second-order valence-electron chi connectivity index (χ2n) is 9.01. The van der Waals surface area contributed by atoms with Gasteiger partial charge >= 0.3 is 5.97 Å². The number of hydrogen-bond acceptors (Lipinski definition) is 3. The SMILES string of the molecule is CCC1CCCCCCC(C)(C)CCCCN=C1C(=O)OCc1ccccc1. The zero-order valence-corrected chi connectivity index (χ0v) is 18.2. The minimum Gasteiger partial charge on any atom is -0.456 e. The summed E-state index contributed by atoms with van der Waals surface area (Å²) in [7, 11) is 0. The van der Waals surface area contributed by atoms with Crippen molar-refractivity contribution in [2.45, 2.75) is 91.6 Å². The first-order valence-corrected chi connectivity index (χ1v) is 11.3. The van der Waals surface area contributed by atoms with Crippen LogP contribution in [0, 0.1) is 11.3 Å². The Labute approximate surface area is 172 Å². The molecule has 0 aliphatic carbocycles. The minimum atomic E-state index is -0.219. The standard InChI is InChI=1S/C25H39NO2/c1-4-22-16-10-5-6-11-17-25(2,3)18-12-13-19-26-23(22)24(27)28-20-21-14-8-7-9-15-21/h7-9,14-15,22H,4-6,10-13,16-20H2,1-3H3. The maximum Gasteiger partial charge on any atom is 0.352 e. The van der Waals surface area contributed by atoms with E-state index >= 15 is 0 Å². The number of hydrogen-bond donors (Lipinski definition) is 0. The third kappa shape index (κ3) is 8.16. The number of nitrogens with zero attached hydrogens (tertiary/aromatic N) is 1. The Morgan fingerprint density at radius 3 is 2.43 bits per heavy atom. The van der Waals surface area contributed by atoms with E-state index in [0.717, 1.165) is 31.4 Å². The average molecular weight is 386 g/mol. The largest absolute Gasteiger partial charge is 0.456 e. The molecule has 1 aliphatic rings. The van der Waals surface area contributed by atoms with Crippen LogP contribution in [0.3, 0.4) is 0 Å². The molecule has 0 spiro atoms. The van der Waals surface area contributed by atoms with E-state index < -0.39 is 0 Å². The second-order valence-corrected chi connectivity index (χ2v) is 9.01. The van der Waals surface area contributed by atoms with Gasteiger partial charge in [0.05, 0.1) is 0 Å². The lowest BCUT2D eigenvalue weighted by atomic mass is 9.82. The molecule has 2 rings (SSSR count). The number of carbonyl (C=O) groups excluding carboxylic acids is 1. The molecule has 0 amide bonds. The quantitative estimate of drug-likeness (QED) is 0.538. The average Bonchev–Trinajstić information content (AvgIpc) is 2.69. The Morgan fingerprint density at radius 2 is 1.71 bits per heavy atom. The fourth-order valence-electron chi connectivity index (χ4n) is 4.08. The highest BCUT2D eigenvalue weighted by Gasteiger charge is 2.23. The van der Waals surface area contributed by atoms with Crippen LogP contribution in [0.5, 0.6) is 0 Å². The number of ether oxygens (including phenoxy) is 1. The maximum absolute atomic E-state index is 12.8. The molecular weight excluding hydrogens is 346 g/mol. The highest BCUT2D eigenvalue weighted by atomic mass is 16.5. The van der Waals surface area contributed by atoms with E-state index in [9.17, 15) is 4.79 Å². The molecule has 0 saturated carbocycles. The van der Waals surface area contributed by atoms with Crippen molar-refractivity contribution in [3.63, 3.8) is 0 Å². The van der Waals surface area contributed by atoms with Crippen LogP contribution >= 0.6 is 0 Å². The van der Waals surface area contributed by atoms with Gasteiger partial charge in [0, 0.05) is 12.5 Å². The van der Waals surface area contributed by atoms with Crippen LogP contribution in [-0.2, 0) is 16.1 Å². The highest BCUT2D eigenvalue weighted by Crippen LogP contribution is 2.30. The summed E-state index contributed by atoms with van der Waals surface area (Å²) >= 11 is 0. The number of carbonyl (C=O) groups is 1. The summed E-state index contributed by atoms with van der Waals surface area (Å²) in [4.78, 5) is 17.6. The van der Waals surface area contributed by atoms with Crippen molar-refractivity contribution in [2.75, 3.05) is 6.54 Å². The summed E-state index contributed by atoms with van der Waals surface area (Å²) < 4.78 is 5.63. The van der Waals surface area contributed by atoms with Gasteiger partial charge in [-0.15, -0.1) is 0 Å². The van der Waals surface area contributed by atoms with Crippen LogP contribution in [0.25, 0.3) is 0 Å². The van der Waals surface area contributed by atoms with E-state index in [1.807, 2.05) is 30.3 Å². The van der Waals surface area contributed by atoms with Crippen LogP contribution in [0.4, 0.5) is 0 Å². The minimum absolute atomic E-state index is 0.219. The van der Waals surface area contributed by atoms with Gasteiger partial charge in [-0.2, -0.15) is 0 Å². The van der Waals surface area contributed by atoms with Crippen molar-refractivity contribution in [3.8, 4) is 0 Å². The molecule has 1 aromatic carbocycles. The van der Waals surface area contributed by atoms with Crippen molar-refractivity contribution >= 4 is 11.7 Å². The zero-order chi connectivity index (χ0) is 20.2. The molecule has 1 aromatic rings. The topological polar surface area (TPSA) is 38.7 Å². The zero-order valence-electron chi connectivity index (χ0n) is 18.2. The predicted octanol–water partition coefficient (Wildman–Crippen LogP) is 6.75. The molecule has 0 radical (unpaired) electrons. The number of aliphatic imine (C=N–C) groups is 1. The van der Waals surface area contributed by atoms with E-state index in [1.165, 1.54) is 44.9 Å². The third-order valence-corrected chi connectivity index (χ3v) is 6.00. The third-order valence-electron chi connectivity index (χ3n) is 6.00. The monoisotopic (exact) mass is 385 g/mol. The normalized spacial score (nSPS) is 22.0. The first kappa shape index (κ1) is 22.6. The molecule has 28 heavy (non-hydrogen) atoms. The second kappa shape index (κ2) is 12.0. The predicted molar refractivity (Wildman–Crippen MR) is 118 cm³/mol. The molecule has 1 atom stereocenters. The van der Waals surface area contributed by atoms with E-state index in [-0.39, 0.29) is 11.9 Å². The molecule has 0 aromatic heterocycles. The molecule has 1 heterocycles. The Morgan fingerprint density at radius 1 is 1.04 bits per heavy atom. The van der Waals surface area contributed by atoms with Crippen molar-refractivity contribution < 1.29 is 9.53 Å². The van der Waals surface area contributed by atoms with E-state index in [1.54, 1.807) is 0 Å². The van der Waals surface area contributed by atoms with Crippen LogP contribution < -0.4 is 0 Å². The van der Waals surface area contributed by atoms with Gasteiger partial charge in [-0.1, -0.05) is 83.2 Å². The number of rotatable bonds is 4. The summed E-state index contributed by atoms with van der Waals surface area (Å²) in [5.74, 6) is 0.00535. The molecular formula is C25H39NO2. The van der Waals surface area contributed by atoms with Crippen LogP contribution in [0.15, 0.2) is 35.3 Å². The number of benzene rings is 1. The fourth-order valence-corrected chi connectivity index (χ4v) is 4.08. The van der Waals surface area contributed by atoms with Crippen molar-refractivity contribution in [1.29, 1.82) is 0 Å². The van der Waals surface area contributed by atoms with Crippen LogP contribution in [-0.4, -0.2) is 18.2 Å². The van der Waals surface area contributed by atoms with Gasteiger partial charge < -0.3 is 4.74 Å². The Bertz CT molecular complexity index is 606. The van der Waals surface area contributed by atoms with E-state index in [0.29, 0.717) is 17.7 Å². The van der Waals surface area contributed by atoms with Gasteiger partial charge in [0.15, 0.2) is 0 Å². The van der Waals surface area contributed by atoms with Crippen LogP contribution in [0.2, 0.25) is 0 Å². The van der Waals surface area contributed by atoms with Crippen LogP contribution in [0.1, 0.15) is 90.5 Å². The summed E-state index contributed by atoms with van der Waals surface area (Å²) in [6, 6.07) is 9.89. The fraction of sp³-hybridized carbons (Fsp3) is 0.680. The van der Waals surface area contributed by atoms with E-state index in [2.05, 4.69) is 20.8 Å². The summed E-state index contributed by atoms with van der Waals surface area (Å²) in [5, 5.41) is 0. The molecule has 1 aliphatic heterocycles. The van der Waals surface area contributed by atoms with Gasteiger partial charge in [0.1, 0.15) is 12.3 Å². The van der Waals surface area contributed by atoms with Crippen molar-refractivity contribution in [3.05, 3.63) is 35.9 Å². The molecule has 0 N–H and O–H groups in total. The summed E-state index contributed by atoms with van der Waals surface area (Å²) in [6.45, 7) is 8.01. The molecule has 1 unspecified atom stereocenters. The maximum atomic E-state index is 12.8. The molecule has 3 heteroatoms. The van der Waals surface area contributed by atoms with Gasteiger partial charge in [-0.05, 0) is 43.1 Å². The summed E-state index contributed by atoms with van der Waals surface area (Å²) in [5.41, 5.74) is 2.12. The highest BCUT2D eigenvalue weighted by molar-refractivity contribution is 6.37. The Hall–Kier alpha value is -1.64. The van der Waals surface area contributed by atoms with E-state index in [4.69, 9.17) is 9.73 Å². The van der Waals surface area contributed by atoms with Gasteiger partial charge in [-0.25, -0.2) is 4.79 Å². The molecule has 0 bridgehead atoms. The lowest BCUT2D eigenvalue weighted by Crippen LogP contribution is -2.26. The molecule has 0 saturated heterocycles. The lowest BCUT2D eigenvalue weighted by Gasteiger charge is -2.25. The summed E-state index contributed by atoms with van der Waals surface area (Å²) in [6.07, 6.45) is 11.8. The smallest absolute Gasteiger partial charge is 0.352 e. The lowest BCUT2D eigenvalue weighted by molar-refractivity contribution is -0.137. The Balaban J connectivity index is 2.02. The first-order chi connectivity index (χ1) is 13.5. The molecule has 156 valence electrons. The molecule has 0 fully saturated rings. The number of esters is 1. The molecule has 3 nitrogen and oxygen atoms in total. The van der Waals surface area contributed by atoms with Gasteiger partial charge in [0.2, 0.25) is 0 Å².